The Labute approximate surface area is 158 Å². The van der Waals surface area contributed by atoms with E-state index in [-0.39, 0.29) is 24.0 Å². The Balaban J connectivity index is 0.00000441. The van der Waals surface area contributed by atoms with E-state index in [4.69, 9.17) is 4.99 Å². The molecular weight excluding hydrogens is 407 g/mol. The van der Waals surface area contributed by atoms with Gasteiger partial charge in [-0.25, -0.2) is 0 Å². The molecule has 0 aromatic carbocycles. The van der Waals surface area contributed by atoms with E-state index in [0.29, 0.717) is 5.92 Å². The van der Waals surface area contributed by atoms with Crippen molar-refractivity contribution in [3.63, 3.8) is 0 Å². The molecular formula is C16H35IN4S. The van der Waals surface area contributed by atoms with Gasteiger partial charge in [-0.1, -0.05) is 13.8 Å². The number of thioether (sulfide) groups is 1. The van der Waals surface area contributed by atoms with Crippen molar-refractivity contribution in [2.24, 2.45) is 16.8 Å². The topological polar surface area (TPSA) is 39.7 Å². The van der Waals surface area contributed by atoms with Crippen LogP contribution in [0.25, 0.3) is 0 Å². The van der Waals surface area contributed by atoms with Crippen molar-refractivity contribution < 1.29 is 0 Å². The van der Waals surface area contributed by atoms with E-state index >= 15 is 0 Å². The van der Waals surface area contributed by atoms with E-state index in [2.05, 4.69) is 42.6 Å². The summed E-state index contributed by atoms with van der Waals surface area (Å²) in [6.45, 7) is 13.3. The van der Waals surface area contributed by atoms with Gasteiger partial charge >= 0.3 is 0 Å². The lowest BCUT2D eigenvalue weighted by molar-refractivity contribution is 0.162. The second-order valence-electron chi connectivity index (χ2n) is 6.30. The summed E-state index contributed by atoms with van der Waals surface area (Å²) in [5.74, 6) is 3.58. The lowest BCUT2D eigenvalue weighted by atomic mass is 9.97. The van der Waals surface area contributed by atoms with Gasteiger partial charge in [0.1, 0.15) is 0 Å². The molecule has 1 aliphatic heterocycles. The van der Waals surface area contributed by atoms with E-state index in [0.717, 1.165) is 37.3 Å². The predicted molar refractivity (Wildman–Crippen MR) is 112 cm³/mol. The van der Waals surface area contributed by atoms with Crippen LogP contribution < -0.4 is 10.6 Å². The molecule has 0 radical (unpaired) electrons. The molecule has 0 amide bonds. The zero-order valence-electron chi connectivity index (χ0n) is 14.7. The van der Waals surface area contributed by atoms with Gasteiger partial charge in [0, 0.05) is 38.5 Å². The first-order chi connectivity index (χ1) is 10.2. The van der Waals surface area contributed by atoms with Crippen LogP contribution in [0.4, 0.5) is 0 Å². The first-order valence-corrected chi connectivity index (χ1v) is 9.78. The largest absolute Gasteiger partial charge is 0.357 e. The third-order valence-corrected chi connectivity index (χ3v) is 4.29. The number of halogens is 1. The van der Waals surface area contributed by atoms with Gasteiger partial charge in [0.2, 0.25) is 0 Å². The standard InChI is InChI=1S/C16H34N4S.HI/c1-5-17-16(18-8-10-21-4)19-11-15-7-6-9-20(13-15)12-14(2)3;/h14-15H,5-13H2,1-4H3,(H2,17,18,19);1H. The number of aliphatic imine (C=N–C) groups is 1. The molecule has 0 saturated carbocycles. The number of guanidine groups is 1. The third-order valence-electron chi connectivity index (χ3n) is 3.68. The number of nitrogens with one attached hydrogen (secondary N) is 2. The maximum absolute atomic E-state index is 4.78. The summed E-state index contributed by atoms with van der Waals surface area (Å²) in [7, 11) is 0. The highest BCUT2D eigenvalue weighted by molar-refractivity contribution is 14.0. The van der Waals surface area contributed by atoms with Crippen LogP contribution in [0.3, 0.4) is 0 Å². The maximum atomic E-state index is 4.78. The molecule has 0 aromatic heterocycles. The van der Waals surface area contributed by atoms with Crippen molar-refractivity contribution in [1.29, 1.82) is 0 Å². The SMILES string of the molecule is CCNC(=NCC1CCCN(CC(C)C)C1)NCCSC.I. The molecule has 6 heteroatoms. The van der Waals surface area contributed by atoms with Crippen LogP contribution in [0.15, 0.2) is 4.99 Å². The molecule has 1 unspecified atom stereocenters. The molecule has 0 spiro atoms. The van der Waals surface area contributed by atoms with Crippen LogP contribution in [0.2, 0.25) is 0 Å². The van der Waals surface area contributed by atoms with Crippen LogP contribution in [-0.4, -0.2) is 62.1 Å². The number of piperidine rings is 1. The molecule has 1 heterocycles. The molecule has 2 N–H and O–H groups in total. The van der Waals surface area contributed by atoms with Gasteiger partial charge < -0.3 is 15.5 Å². The molecule has 1 rings (SSSR count). The fourth-order valence-corrected chi connectivity index (χ4v) is 3.12. The van der Waals surface area contributed by atoms with Crippen molar-refractivity contribution in [2.45, 2.75) is 33.6 Å². The fourth-order valence-electron chi connectivity index (χ4n) is 2.82. The first-order valence-electron chi connectivity index (χ1n) is 8.39. The second-order valence-corrected chi connectivity index (χ2v) is 7.29. The van der Waals surface area contributed by atoms with Crippen LogP contribution in [0, 0.1) is 11.8 Å². The number of nitrogens with zero attached hydrogens (tertiary/aromatic N) is 2. The Morgan fingerprint density at radius 3 is 2.77 bits per heavy atom. The molecule has 0 aliphatic carbocycles. The van der Waals surface area contributed by atoms with Crippen molar-refractivity contribution in [3.8, 4) is 0 Å². The third kappa shape index (κ3) is 10.2. The summed E-state index contributed by atoms with van der Waals surface area (Å²) in [5.41, 5.74) is 0. The minimum atomic E-state index is 0. The van der Waals surface area contributed by atoms with Crippen molar-refractivity contribution in [1.82, 2.24) is 15.5 Å². The van der Waals surface area contributed by atoms with Crippen LogP contribution >= 0.6 is 35.7 Å². The Hall–Kier alpha value is 0.310. The summed E-state index contributed by atoms with van der Waals surface area (Å²) in [6, 6.07) is 0. The van der Waals surface area contributed by atoms with Crippen LogP contribution in [-0.2, 0) is 0 Å². The zero-order chi connectivity index (χ0) is 15.5. The number of rotatable bonds is 8. The molecule has 1 atom stereocenters. The normalized spacial score (nSPS) is 19.9. The van der Waals surface area contributed by atoms with E-state index in [1.807, 2.05) is 11.8 Å². The smallest absolute Gasteiger partial charge is 0.191 e. The highest BCUT2D eigenvalue weighted by Crippen LogP contribution is 2.17. The van der Waals surface area contributed by atoms with Gasteiger partial charge in [-0.05, 0) is 44.4 Å². The van der Waals surface area contributed by atoms with Crippen LogP contribution in [0.1, 0.15) is 33.6 Å². The minimum Gasteiger partial charge on any atom is -0.357 e. The Bertz CT molecular complexity index is 300. The lowest BCUT2D eigenvalue weighted by Crippen LogP contribution is -2.41. The average molecular weight is 442 g/mol. The molecule has 1 saturated heterocycles. The molecule has 132 valence electrons. The number of hydrogen-bond donors (Lipinski definition) is 2. The molecule has 0 aromatic rings. The Kier molecular flexibility index (Phi) is 13.9. The zero-order valence-corrected chi connectivity index (χ0v) is 17.9. The van der Waals surface area contributed by atoms with E-state index in [9.17, 15) is 0 Å². The molecule has 0 bridgehead atoms. The summed E-state index contributed by atoms with van der Waals surface area (Å²) in [5, 5.41) is 6.75. The Morgan fingerprint density at radius 1 is 1.36 bits per heavy atom. The predicted octanol–water partition coefficient (Wildman–Crippen LogP) is 2.89. The fraction of sp³-hybridized carbons (Fsp3) is 0.938. The first kappa shape index (κ1) is 22.3. The number of hydrogen-bond acceptors (Lipinski definition) is 3. The van der Waals surface area contributed by atoms with Gasteiger partial charge in [0.25, 0.3) is 0 Å². The summed E-state index contributed by atoms with van der Waals surface area (Å²) >= 11 is 1.86. The minimum absolute atomic E-state index is 0. The van der Waals surface area contributed by atoms with Crippen molar-refractivity contribution in [2.75, 3.05) is 51.3 Å². The van der Waals surface area contributed by atoms with Crippen molar-refractivity contribution in [3.05, 3.63) is 0 Å². The highest BCUT2D eigenvalue weighted by atomic mass is 127. The molecule has 4 nitrogen and oxygen atoms in total. The Morgan fingerprint density at radius 2 is 2.14 bits per heavy atom. The maximum Gasteiger partial charge on any atom is 0.191 e. The quantitative estimate of drug-likeness (QED) is 0.263. The van der Waals surface area contributed by atoms with E-state index < -0.39 is 0 Å². The summed E-state index contributed by atoms with van der Waals surface area (Å²) < 4.78 is 0. The van der Waals surface area contributed by atoms with Gasteiger partial charge in [0.05, 0.1) is 0 Å². The molecule has 1 aliphatic rings. The molecule has 1 fully saturated rings. The van der Waals surface area contributed by atoms with Crippen LogP contribution in [0.5, 0.6) is 0 Å². The highest BCUT2D eigenvalue weighted by Gasteiger charge is 2.20. The van der Waals surface area contributed by atoms with Gasteiger partial charge in [0.15, 0.2) is 5.96 Å². The van der Waals surface area contributed by atoms with Crippen molar-refractivity contribution >= 4 is 41.7 Å². The second kappa shape index (κ2) is 13.7. The van der Waals surface area contributed by atoms with Gasteiger partial charge in [-0.15, -0.1) is 24.0 Å². The summed E-state index contributed by atoms with van der Waals surface area (Å²) in [6.07, 6.45) is 4.78. The molecule has 22 heavy (non-hydrogen) atoms. The van der Waals surface area contributed by atoms with E-state index in [1.165, 1.54) is 32.5 Å². The van der Waals surface area contributed by atoms with E-state index in [1.54, 1.807) is 0 Å². The van der Waals surface area contributed by atoms with Gasteiger partial charge in [-0.2, -0.15) is 11.8 Å². The van der Waals surface area contributed by atoms with Gasteiger partial charge in [-0.3, -0.25) is 4.99 Å². The summed E-state index contributed by atoms with van der Waals surface area (Å²) in [4.78, 5) is 7.39. The number of likely N-dealkylation sites (tertiary alicyclic amines) is 1. The lowest BCUT2D eigenvalue weighted by Gasteiger charge is -2.33. The monoisotopic (exact) mass is 442 g/mol. The average Bonchev–Trinajstić information content (AvgIpc) is 2.44.